The van der Waals surface area contributed by atoms with Gasteiger partial charge < -0.3 is 10.6 Å². The molecule has 1 aliphatic rings. The average Bonchev–Trinajstić information content (AvgIpc) is 2.75. The summed E-state index contributed by atoms with van der Waals surface area (Å²) in [5.41, 5.74) is 5.96. The van der Waals surface area contributed by atoms with Gasteiger partial charge in [0.25, 0.3) is 5.91 Å². The summed E-state index contributed by atoms with van der Waals surface area (Å²) in [6, 6.07) is 1.95. The number of hydrogen-bond acceptors (Lipinski definition) is 3. The van der Waals surface area contributed by atoms with E-state index in [1.165, 1.54) is 19.3 Å². The number of nitrogens with two attached hydrogens (primary N) is 1. The summed E-state index contributed by atoms with van der Waals surface area (Å²) < 4.78 is 0. The molecule has 0 aromatic carbocycles. The van der Waals surface area contributed by atoms with Gasteiger partial charge >= 0.3 is 0 Å². The topological polar surface area (TPSA) is 75.0 Å². The lowest BCUT2D eigenvalue weighted by Crippen LogP contribution is -2.38. The van der Waals surface area contributed by atoms with E-state index in [1.807, 2.05) is 11.9 Å². The zero-order valence-corrected chi connectivity index (χ0v) is 9.57. The summed E-state index contributed by atoms with van der Waals surface area (Å²) >= 11 is 0. The number of nitrogen functional groups attached to an aromatic ring is 1. The Kier molecular flexibility index (Phi) is 3.12. The maximum Gasteiger partial charge on any atom is 0.271 e. The number of anilines is 1. The molecule has 0 radical (unpaired) electrons. The van der Waals surface area contributed by atoms with Crippen molar-refractivity contribution >= 4 is 11.7 Å². The molecule has 1 saturated carbocycles. The standard InChI is InChI=1S/C11H18N4O/c1-15(8-5-3-2-4-6-8)11(16)9-7-10(12)14-13-9/h7-8H,2-6H2,1H3,(H3,12,13,14). The van der Waals surface area contributed by atoms with E-state index < -0.39 is 0 Å². The normalized spacial score (nSPS) is 17.3. The summed E-state index contributed by atoms with van der Waals surface area (Å²) in [6.07, 6.45) is 5.92. The summed E-state index contributed by atoms with van der Waals surface area (Å²) in [5.74, 6) is 0.344. The van der Waals surface area contributed by atoms with Crippen LogP contribution >= 0.6 is 0 Å². The molecule has 1 aromatic heterocycles. The smallest absolute Gasteiger partial charge is 0.271 e. The van der Waals surface area contributed by atoms with E-state index >= 15 is 0 Å². The highest BCUT2D eigenvalue weighted by Gasteiger charge is 2.23. The number of carbonyl (C=O) groups is 1. The van der Waals surface area contributed by atoms with Crippen molar-refractivity contribution in [3.8, 4) is 0 Å². The second kappa shape index (κ2) is 4.55. The lowest BCUT2D eigenvalue weighted by molar-refractivity contribution is 0.0690. The van der Waals surface area contributed by atoms with Gasteiger partial charge in [-0.1, -0.05) is 19.3 Å². The van der Waals surface area contributed by atoms with E-state index in [0.29, 0.717) is 17.6 Å². The summed E-state index contributed by atoms with van der Waals surface area (Å²) in [5, 5.41) is 6.43. The van der Waals surface area contributed by atoms with Crippen LogP contribution in [0, 0.1) is 0 Å². The van der Waals surface area contributed by atoms with Crippen molar-refractivity contribution in [3.63, 3.8) is 0 Å². The molecule has 1 amide bonds. The van der Waals surface area contributed by atoms with Crippen molar-refractivity contribution in [1.29, 1.82) is 0 Å². The fourth-order valence-corrected chi connectivity index (χ4v) is 2.27. The quantitative estimate of drug-likeness (QED) is 0.794. The van der Waals surface area contributed by atoms with Crippen LogP contribution in [0.25, 0.3) is 0 Å². The van der Waals surface area contributed by atoms with Gasteiger partial charge in [-0.2, -0.15) is 5.10 Å². The highest BCUT2D eigenvalue weighted by atomic mass is 16.2. The van der Waals surface area contributed by atoms with Gasteiger partial charge in [0.15, 0.2) is 0 Å². The second-order valence-electron chi connectivity index (χ2n) is 4.41. The highest BCUT2D eigenvalue weighted by molar-refractivity contribution is 5.93. The van der Waals surface area contributed by atoms with Crippen molar-refractivity contribution in [2.75, 3.05) is 12.8 Å². The molecule has 2 rings (SSSR count). The van der Waals surface area contributed by atoms with E-state index in [4.69, 9.17) is 5.73 Å². The van der Waals surface area contributed by atoms with E-state index in [9.17, 15) is 4.79 Å². The maximum atomic E-state index is 12.1. The van der Waals surface area contributed by atoms with Crippen LogP contribution in [0.15, 0.2) is 6.07 Å². The van der Waals surface area contributed by atoms with E-state index in [0.717, 1.165) is 12.8 Å². The second-order valence-corrected chi connectivity index (χ2v) is 4.41. The zero-order valence-electron chi connectivity index (χ0n) is 9.57. The van der Waals surface area contributed by atoms with Gasteiger partial charge in [0.2, 0.25) is 0 Å². The largest absolute Gasteiger partial charge is 0.382 e. The minimum absolute atomic E-state index is 0.0175. The van der Waals surface area contributed by atoms with Crippen LogP contribution in [0.1, 0.15) is 42.6 Å². The van der Waals surface area contributed by atoms with Crippen LogP contribution in [0.5, 0.6) is 0 Å². The lowest BCUT2D eigenvalue weighted by Gasteiger charge is -2.30. The van der Waals surface area contributed by atoms with Crippen LogP contribution in [-0.2, 0) is 0 Å². The molecule has 0 unspecified atom stereocenters. The Balaban J connectivity index is 2.03. The summed E-state index contributed by atoms with van der Waals surface area (Å²) in [6.45, 7) is 0. The van der Waals surface area contributed by atoms with Crippen LogP contribution in [0.3, 0.4) is 0 Å². The third-order valence-electron chi connectivity index (χ3n) is 3.27. The average molecular weight is 222 g/mol. The molecule has 88 valence electrons. The molecule has 1 fully saturated rings. The lowest BCUT2D eigenvalue weighted by atomic mass is 9.94. The van der Waals surface area contributed by atoms with E-state index in [1.54, 1.807) is 6.07 Å². The van der Waals surface area contributed by atoms with Crippen molar-refractivity contribution in [2.24, 2.45) is 0 Å². The van der Waals surface area contributed by atoms with Gasteiger partial charge in [-0.05, 0) is 12.8 Å². The van der Waals surface area contributed by atoms with Gasteiger partial charge in [0, 0.05) is 19.2 Å². The Hall–Kier alpha value is -1.52. The molecule has 3 N–H and O–H groups in total. The molecule has 5 nitrogen and oxygen atoms in total. The van der Waals surface area contributed by atoms with Crippen molar-refractivity contribution < 1.29 is 4.79 Å². The molecule has 16 heavy (non-hydrogen) atoms. The molecule has 1 aromatic rings. The molecule has 0 bridgehead atoms. The number of rotatable bonds is 2. The Morgan fingerprint density at radius 1 is 1.50 bits per heavy atom. The number of H-pyrrole nitrogens is 1. The summed E-state index contributed by atoms with van der Waals surface area (Å²) in [4.78, 5) is 13.9. The fraction of sp³-hybridized carbons (Fsp3) is 0.636. The first kappa shape index (κ1) is 11.0. The van der Waals surface area contributed by atoms with Crippen LogP contribution in [0.2, 0.25) is 0 Å². The number of carbonyl (C=O) groups excluding carboxylic acids is 1. The third-order valence-corrected chi connectivity index (χ3v) is 3.27. The molecule has 1 aliphatic carbocycles. The first-order valence-corrected chi connectivity index (χ1v) is 5.76. The number of aromatic amines is 1. The number of nitrogens with zero attached hydrogens (tertiary/aromatic N) is 2. The molecule has 0 saturated heterocycles. The minimum Gasteiger partial charge on any atom is -0.382 e. The SMILES string of the molecule is CN(C(=O)c1cc(N)n[nH]1)C1CCCCC1. The molecule has 0 spiro atoms. The molecular formula is C11H18N4O. The minimum atomic E-state index is -0.0175. The Bertz CT molecular complexity index is 368. The monoisotopic (exact) mass is 222 g/mol. The number of amides is 1. The maximum absolute atomic E-state index is 12.1. The van der Waals surface area contributed by atoms with E-state index in [2.05, 4.69) is 10.2 Å². The first-order chi connectivity index (χ1) is 7.68. The van der Waals surface area contributed by atoms with Gasteiger partial charge in [-0.25, -0.2) is 0 Å². The highest BCUT2D eigenvalue weighted by Crippen LogP contribution is 2.22. The molecule has 5 heteroatoms. The van der Waals surface area contributed by atoms with Crippen molar-refractivity contribution in [2.45, 2.75) is 38.1 Å². The first-order valence-electron chi connectivity index (χ1n) is 5.76. The predicted molar refractivity (Wildman–Crippen MR) is 62.0 cm³/mol. The van der Waals surface area contributed by atoms with E-state index in [-0.39, 0.29) is 5.91 Å². The number of aromatic nitrogens is 2. The predicted octanol–water partition coefficient (Wildman–Crippen LogP) is 1.40. The van der Waals surface area contributed by atoms with Gasteiger partial charge in [-0.3, -0.25) is 9.89 Å². The zero-order chi connectivity index (χ0) is 11.5. The molecule has 1 heterocycles. The van der Waals surface area contributed by atoms with Gasteiger partial charge in [0.05, 0.1) is 0 Å². The van der Waals surface area contributed by atoms with Crippen LogP contribution < -0.4 is 5.73 Å². The Morgan fingerprint density at radius 3 is 2.75 bits per heavy atom. The molecule has 0 aliphatic heterocycles. The third kappa shape index (κ3) is 2.18. The number of nitrogens with one attached hydrogen (secondary N) is 1. The van der Waals surface area contributed by atoms with Gasteiger partial charge in [-0.15, -0.1) is 0 Å². The van der Waals surface area contributed by atoms with Crippen molar-refractivity contribution in [1.82, 2.24) is 15.1 Å². The van der Waals surface area contributed by atoms with Crippen LogP contribution in [0.4, 0.5) is 5.82 Å². The molecule has 0 atom stereocenters. The fourth-order valence-electron chi connectivity index (χ4n) is 2.27. The van der Waals surface area contributed by atoms with Gasteiger partial charge in [0.1, 0.15) is 11.5 Å². The number of hydrogen-bond donors (Lipinski definition) is 2. The summed E-state index contributed by atoms with van der Waals surface area (Å²) in [7, 11) is 1.86. The Morgan fingerprint density at radius 2 is 2.19 bits per heavy atom. The van der Waals surface area contributed by atoms with Crippen molar-refractivity contribution in [3.05, 3.63) is 11.8 Å². The van der Waals surface area contributed by atoms with Crippen LogP contribution in [-0.4, -0.2) is 34.1 Å². The Labute approximate surface area is 95.0 Å². The molecular weight excluding hydrogens is 204 g/mol.